The molecular formula is C16H17ClN2O2. The molecule has 0 aliphatic carbocycles. The van der Waals surface area contributed by atoms with E-state index in [1.807, 2.05) is 12.1 Å². The van der Waals surface area contributed by atoms with Crippen LogP contribution in [0, 0.1) is 0 Å². The molecular weight excluding hydrogens is 288 g/mol. The van der Waals surface area contributed by atoms with Gasteiger partial charge in [0.2, 0.25) is 0 Å². The van der Waals surface area contributed by atoms with Crippen LogP contribution >= 0.6 is 11.6 Å². The third kappa shape index (κ3) is 3.89. The normalized spacial score (nSPS) is 10.2. The highest BCUT2D eigenvalue weighted by atomic mass is 35.5. The Bertz CT molecular complexity index is 639. The van der Waals surface area contributed by atoms with Crippen molar-refractivity contribution in [3.05, 3.63) is 58.6 Å². The van der Waals surface area contributed by atoms with Crippen molar-refractivity contribution in [2.45, 2.75) is 6.61 Å². The van der Waals surface area contributed by atoms with Crippen molar-refractivity contribution >= 4 is 23.2 Å². The van der Waals surface area contributed by atoms with Gasteiger partial charge in [-0.1, -0.05) is 23.7 Å². The highest BCUT2D eigenvalue weighted by molar-refractivity contribution is 6.30. The first-order valence-electron chi connectivity index (χ1n) is 6.46. The SMILES string of the molecule is CN(C)C(=O)c1ccc(N)c(OCc2ccc(Cl)cc2)c1. The number of rotatable bonds is 4. The van der Waals surface area contributed by atoms with E-state index in [-0.39, 0.29) is 5.91 Å². The maximum atomic E-state index is 11.9. The number of ether oxygens (including phenoxy) is 1. The molecule has 0 aliphatic heterocycles. The van der Waals surface area contributed by atoms with Crippen LogP contribution in [0.1, 0.15) is 15.9 Å². The fourth-order valence-corrected chi connectivity index (χ4v) is 1.92. The monoisotopic (exact) mass is 304 g/mol. The van der Waals surface area contributed by atoms with Crippen molar-refractivity contribution in [2.75, 3.05) is 19.8 Å². The summed E-state index contributed by atoms with van der Waals surface area (Å²) in [5, 5.41) is 0.678. The van der Waals surface area contributed by atoms with Crippen LogP contribution in [0.25, 0.3) is 0 Å². The van der Waals surface area contributed by atoms with E-state index >= 15 is 0 Å². The fraction of sp³-hybridized carbons (Fsp3) is 0.188. The van der Waals surface area contributed by atoms with E-state index in [2.05, 4.69) is 0 Å². The van der Waals surface area contributed by atoms with Crippen molar-refractivity contribution in [3.8, 4) is 5.75 Å². The van der Waals surface area contributed by atoms with Gasteiger partial charge in [-0.3, -0.25) is 4.79 Å². The van der Waals surface area contributed by atoms with Crippen molar-refractivity contribution in [3.63, 3.8) is 0 Å². The number of amides is 1. The molecule has 0 fully saturated rings. The lowest BCUT2D eigenvalue weighted by Gasteiger charge is -2.13. The summed E-state index contributed by atoms with van der Waals surface area (Å²) in [4.78, 5) is 13.4. The Kier molecular flexibility index (Phi) is 4.70. The van der Waals surface area contributed by atoms with E-state index in [9.17, 15) is 4.79 Å². The third-order valence-electron chi connectivity index (χ3n) is 2.97. The zero-order chi connectivity index (χ0) is 15.4. The topological polar surface area (TPSA) is 55.6 Å². The van der Waals surface area contributed by atoms with E-state index in [0.717, 1.165) is 5.56 Å². The summed E-state index contributed by atoms with van der Waals surface area (Å²) in [7, 11) is 3.40. The number of nitrogen functional groups attached to an aromatic ring is 1. The standard InChI is InChI=1S/C16H17ClN2O2/c1-19(2)16(20)12-5-8-14(18)15(9-12)21-10-11-3-6-13(17)7-4-11/h3-9H,10,18H2,1-2H3. The molecule has 2 aromatic carbocycles. The second-order valence-corrected chi connectivity index (χ2v) is 5.30. The molecule has 4 nitrogen and oxygen atoms in total. The van der Waals surface area contributed by atoms with Gasteiger partial charge in [0.25, 0.3) is 5.91 Å². The minimum absolute atomic E-state index is 0.0913. The number of halogens is 1. The molecule has 0 aromatic heterocycles. The molecule has 0 unspecified atom stereocenters. The number of benzene rings is 2. The number of hydrogen-bond acceptors (Lipinski definition) is 3. The summed E-state index contributed by atoms with van der Waals surface area (Å²) in [6.07, 6.45) is 0. The highest BCUT2D eigenvalue weighted by Crippen LogP contribution is 2.24. The Labute approximate surface area is 129 Å². The summed E-state index contributed by atoms with van der Waals surface area (Å²) in [6.45, 7) is 0.362. The Hall–Kier alpha value is -2.20. The van der Waals surface area contributed by atoms with Gasteiger partial charge < -0.3 is 15.4 Å². The summed E-state index contributed by atoms with van der Waals surface area (Å²) in [5.41, 5.74) is 7.90. The van der Waals surface area contributed by atoms with Gasteiger partial charge in [-0.05, 0) is 35.9 Å². The van der Waals surface area contributed by atoms with Gasteiger partial charge in [-0.15, -0.1) is 0 Å². The first kappa shape index (κ1) is 15.2. The highest BCUT2D eigenvalue weighted by Gasteiger charge is 2.11. The van der Waals surface area contributed by atoms with Crippen LogP contribution in [0.2, 0.25) is 5.02 Å². The molecule has 0 saturated carbocycles. The van der Waals surface area contributed by atoms with Gasteiger partial charge in [0.05, 0.1) is 5.69 Å². The van der Waals surface area contributed by atoms with Gasteiger partial charge in [0.15, 0.2) is 0 Å². The van der Waals surface area contributed by atoms with Crippen LogP contribution < -0.4 is 10.5 Å². The van der Waals surface area contributed by atoms with Crippen LogP contribution in [-0.2, 0) is 6.61 Å². The lowest BCUT2D eigenvalue weighted by atomic mass is 10.1. The molecule has 110 valence electrons. The molecule has 1 amide bonds. The largest absolute Gasteiger partial charge is 0.487 e. The molecule has 0 heterocycles. The van der Waals surface area contributed by atoms with Crippen molar-refractivity contribution in [1.29, 1.82) is 0 Å². The number of hydrogen-bond donors (Lipinski definition) is 1. The molecule has 0 saturated heterocycles. The average Bonchev–Trinajstić information content (AvgIpc) is 2.47. The molecule has 2 rings (SSSR count). The third-order valence-corrected chi connectivity index (χ3v) is 3.23. The van der Waals surface area contributed by atoms with Crippen molar-refractivity contribution in [1.82, 2.24) is 4.90 Å². The molecule has 2 N–H and O–H groups in total. The van der Waals surface area contributed by atoms with Gasteiger partial charge in [0, 0.05) is 24.7 Å². The minimum Gasteiger partial charge on any atom is -0.487 e. The maximum absolute atomic E-state index is 11.9. The van der Waals surface area contributed by atoms with Crippen LogP contribution in [0.15, 0.2) is 42.5 Å². The molecule has 0 bridgehead atoms. The summed E-state index contributed by atoms with van der Waals surface area (Å²) >= 11 is 5.84. The Balaban J connectivity index is 2.14. The lowest BCUT2D eigenvalue weighted by molar-refractivity contribution is 0.0827. The zero-order valence-electron chi connectivity index (χ0n) is 12.0. The average molecular weight is 305 g/mol. The first-order valence-corrected chi connectivity index (χ1v) is 6.83. The van der Waals surface area contributed by atoms with Gasteiger partial charge in [-0.2, -0.15) is 0 Å². The molecule has 2 aromatic rings. The number of nitrogens with two attached hydrogens (primary N) is 1. The number of nitrogens with zero attached hydrogens (tertiary/aromatic N) is 1. The predicted molar refractivity (Wildman–Crippen MR) is 84.7 cm³/mol. The minimum atomic E-state index is -0.0913. The van der Waals surface area contributed by atoms with Crippen LogP contribution in [0.5, 0.6) is 5.75 Å². The number of carbonyl (C=O) groups is 1. The molecule has 0 spiro atoms. The second kappa shape index (κ2) is 6.50. The fourth-order valence-electron chi connectivity index (χ4n) is 1.79. The van der Waals surface area contributed by atoms with Gasteiger partial charge >= 0.3 is 0 Å². The van der Waals surface area contributed by atoms with Crippen molar-refractivity contribution < 1.29 is 9.53 Å². The van der Waals surface area contributed by atoms with E-state index < -0.39 is 0 Å². The summed E-state index contributed by atoms with van der Waals surface area (Å²) in [5.74, 6) is 0.406. The van der Waals surface area contributed by atoms with E-state index in [0.29, 0.717) is 28.6 Å². The first-order chi connectivity index (χ1) is 9.97. The summed E-state index contributed by atoms with van der Waals surface area (Å²) < 4.78 is 5.69. The Morgan fingerprint density at radius 2 is 1.86 bits per heavy atom. The zero-order valence-corrected chi connectivity index (χ0v) is 12.7. The predicted octanol–water partition coefficient (Wildman–Crippen LogP) is 3.20. The Morgan fingerprint density at radius 1 is 1.19 bits per heavy atom. The Morgan fingerprint density at radius 3 is 2.48 bits per heavy atom. The van der Waals surface area contributed by atoms with Crippen LogP contribution in [0.4, 0.5) is 5.69 Å². The second-order valence-electron chi connectivity index (χ2n) is 4.87. The summed E-state index contributed by atoms with van der Waals surface area (Å²) in [6, 6.07) is 12.4. The molecule has 0 aliphatic rings. The quantitative estimate of drug-likeness (QED) is 0.883. The lowest BCUT2D eigenvalue weighted by Crippen LogP contribution is -2.21. The van der Waals surface area contributed by atoms with Crippen LogP contribution in [-0.4, -0.2) is 24.9 Å². The van der Waals surface area contributed by atoms with E-state index in [1.54, 1.807) is 44.4 Å². The molecule has 5 heteroatoms. The van der Waals surface area contributed by atoms with Gasteiger partial charge in [-0.25, -0.2) is 0 Å². The number of carbonyl (C=O) groups excluding carboxylic acids is 1. The van der Waals surface area contributed by atoms with E-state index in [1.165, 1.54) is 4.90 Å². The van der Waals surface area contributed by atoms with Crippen LogP contribution in [0.3, 0.4) is 0 Å². The molecule has 0 radical (unpaired) electrons. The van der Waals surface area contributed by atoms with Gasteiger partial charge in [0.1, 0.15) is 12.4 Å². The molecule has 0 atom stereocenters. The van der Waals surface area contributed by atoms with E-state index in [4.69, 9.17) is 22.1 Å². The number of anilines is 1. The molecule has 21 heavy (non-hydrogen) atoms. The maximum Gasteiger partial charge on any atom is 0.253 e. The smallest absolute Gasteiger partial charge is 0.253 e. The van der Waals surface area contributed by atoms with Crippen molar-refractivity contribution in [2.24, 2.45) is 0 Å².